The predicted molar refractivity (Wildman–Crippen MR) is 94.9 cm³/mol. The minimum Gasteiger partial charge on any atom is -0.485 e. The molecule has 1 aromatic carbocycles. The lowest BCUT2D eigenvalue weighted by molar-refractivity contribution is 0.0949. The number of hydrogen-bond acceptors (Lipinski definition) is 5. The molecule has 2 aromatic heterocycles. The number of amides is 1. The molecule has 1 amide bonds. The van der Waals surface area contributed by atoms with Crippen molar-refractivity contribution < 1.29 is 14.3 Å². The van der Waals surface area contributed by atoms with Crippen molar-refractivity contribution in [3.05, 3.63) is 58.5 Å². The van der Waals surface area contributed by atoms with Crippen LogP contribution in [0.2, 0.25) is 0 Å². The Balaban J connectivity index is 1.34. The topological polar surface area (TPSA) is 65.4 Å². The summed E-state index contributed by atoms with van der Waals surface area (Å²) in [7, 11) is 0. The van der Waals surface area contributed by atoms with Gasteiger partial charge in [0.2, 0.25) is 0 Å². The Kier molecular flexibility index (Phi) is 4.39. The van der Waals surface area contributed by atoms with Gasteiger partial charge in [-0.2, -0.15) is 5.10 Å². The summed E-state index contributed by atoms with van der Waals surface area (Å²) in [4.78, 5) is 12.9. The molecule has 25 heavy (non-hydrogen) atoms. The van der Waals surface area contributed by atoms with E-state index in [4.69, 9.17) is 9.47 Å². The second kappa shape index (κ2) is 6.98. The van der Waals surface area contributed by atoms with Gasteiger partial charge in [0.25, 0.3) is 5.91 Å². The van der Waals surface area contributed by atoms with Gasteiger partial charge in [-0.3, -0.25) is 4.79 Å². The molecule has 3 aromatic rings. The molecule has 1 N–H and O–H groups in total. The molecule has 0 atom stereocenters. The number of fused-ring (bicyclic) bond motifs is 1. The van der Waals surface area contributed by atoms with E-state index in [2.05, 4.69) is 10.4 Å². The highest BCUT2D eigenvalue weighted by atomic mass is 32.1. The second-order valence-corrected chi connectivity index (χ2v) is 6.47. The molecule has 0 bridgehead atoms. The lowest BCUT2D eigenvalue weighted by Crippen LogP contribution is -2.26. The Bertz CT molecular complexity index is 873. The van der Waals surface area contributed by atoms with E-state index in [-0.39, 0.29) is 5.91 Å². The Morgan fingerprint density at radius 3 is 2.96 bits per heavy atom. The first-order valence-corrected chi connectivity index (χ1v) is 8.93. The number of hydrogen-bond donors (Lipinski definition) is 1. The van der Waals surface area contributed by atoms with E-state index in [1.54, 1.807) is 0 Å². The van der Waals surface area contributed by atoms with Crippen LogP contribution in [0.5, 0.6) is 11.5 Å². The number of para-hydroxylation sites is 1. The normalized spacial score (nSPS) is 12.8. The van der Waals surface area contributed by atoms with Crippen molar-refractivity contribution >= 4 is 17.2 Å². The molecule has 0 aliphatic carbocycles. The number of nitrogens with zero attached hydrogens (tertiary/aromatic N) is 2. The van der Waals surface area contributed by atoms with Crippen molar-refractivity contribution in [3.8, 4) is 17.2 Å². The Morgan fingerprint density at radius 1 is 1.24 bits per heavy atom. The molecule has 0 spiro atoms. The highest BCUT2D eigenvalue weighted by molar-refractivity contribution is 7.12. The fourth-order valence-corrected chi connectivity index (χ4v) is 3.48. The quantitative estimate of drug-likeness (QED) is 0.764. The first-order chi connectivity index (χ1) is 12.3. The van der Waals surface area contributed by atoms with E-state index < -0.39 is 0 Å². The van der Waals surface area contributed by atoms with Crippen LogP contribution in [0.25, 0.3) is 5.69 Å². The molecular weight excluding hydrogens is 338 g/mol. The maximum Gasteiger partial charge on any atom is 0.265 e. The number of carbonyl (C=O) groups excluding carboxylic acids is 1. The van der Waals surface area contributed by atoms with Gasteiger partial charge in [-0.05, 0) is 24.1 Å². The Morgan fingerprint density at radius 2 is 2.08 bits per heavy atom. The van der Waals surface area contributed by atoms with E-state index in [0.717, 1.165) is 11.3 Å². The van der Waals surface area contributed by atoms with E-state index >= 15 is 0 Å². The van der Waals surface area contributed by atoms with E-state index in [0.29, 0.717) is 42.6 Å². The molecule has 0 unspecified atom stereocenters. The number of benzene rings is 1. The third-order valence-corrected chi connectivity index (χ3v) is 4.80. The average Bonchev–Trinajstić information content (AvgIpc) is 3.29. The maximum atomic E-state index is 12.3. The van der Waals surface area contributed by atoms with Gasteiger partial charge in [-0.25, -0.2) is 4.68 Å². The van der Waals surface area contributed by atoms with Crippen molar-refractivity contribution in [2.24, 2.45) is 0 Å². The zero-order chi connectivity index (χ0) is 17.1. The van der Waals surface area contributed by atoms with Crippen molar-refractivity contribution in [3.63, 3.8) is 0 Å². The number of aromatic nitrogens is 2. The molecule has 0 radical (unpaired) electrons. The SMILES string of the molecule is O=C(NCCc1cnn(-c2ccccc2)c1)c1scc2c1OCCO2. The average molecular weight is 355 g/mol. The van der Waals surface area contributed by atoms with E-state index in [1.165, 1.54) is 11.3 Å². The van der Waals surface area contributed by atoms with Crippen LogP contribution < -0.4 is 14.8 Å². The zero-order valence-corrected chi connectivity index (χ0v) is 14.3. The van der Waals surface area contributed by atoms with Crippen molar-refractivity contribution in [1.29, 1.82) is 0 Å². The van der Waals surface area contributed by atoms with Crippen molar-refractivity contribution in [2.75, 3.05) is 19.8 Å². The van der Waals surface area contributed by atoms with Crippen LogP contribution in [-0.4, -0.2) is 35.4 Å². The number of nitrogens with one attached hydrogen (secondary N) is 1. The first kappa shape index (κ1) is 15.7. The molecular formula is C18H17N3O3S. The van der Waals surface area contributed by atoms with Crippen LogP contribution >= 0.6 is 11.3 Å². The minimum atomic E-state index is -0.132. The van der Waals surface area contributed by atoms with Crippen LogP contribution in [0.3, 0.4) is 0 Å². The molecule has 0 fully saturated rings. The van der Waals surface area contributed by atoms with Gasteiger partial charge < -0.3 is 14.8 Å². The van der Waals surface area contributed by atoms with Gasteiger partial charge in [0.15, 0.2) is 11.5 Å². The van der Waals surface area contributed by atoms with Gasteiger partial charge >= 0.3 is 0 Å². The number of ether oxygens (including phenoxy) is 2. The summed E-state index contributed by atoms with van der Waals surface area (Å²) in [6.07, 6.45) is 4.51. The monoisotopic (exact) mass is 355 g/mol. The van der Waals surface area contributed by atoms with Gasteiger partial charge in [-0.15, -0.1) is 11.3 Å². The zero-order valence-electron chi connectivity index (χ0n) is 13.5. The summed E-state index contributed by atoms with van der Waals surface area (Å²) in [5, 5.41) is 9.11. The standard InChI is InChI=1S/C18H17N3O3S/c22-18(17-16-15(12-25-17)23-8-9-24-16)19-7-6-13-10-20-21(11-13)14-4-2-1-3-5-14/h1-5,10-12H,6-9H2,(H,19,22). The number of thiophene rings is 1. The third kappa shape index (κ3) is 3.36. The highest BCUT2D eigenvalue weighted by Gasteiger charge is 2.23. The molecule has 1 aliphatic rings. The summed E-state index contributed by atoms with van der Waals surface area (Å²) < 4.78 is 12.8. The van der Waals surface area contributed by atoms with Gasteiger partial charge in [0.05, 0.1) is 11.9 Å². The van der Waals surface area contributed by atoms with Crippen LogP contribution in [0.1, 0.15) is 15.2 Å². The van der Waals surface area contributed by atoms with Gasteiger partial charge in [0.1, 0.15) is 18.1 Å². The predicted octanol–water partition coefficient (Wildman–Crippen LogP) is 2.68. The maximum absolute atomic E-state index is 12.3. The summed E-state index contributed by atoms with van der Waals surface area (Å²) in [6, 6.07) is 9.93. The third-order valence-electron chi connectivity index (χ3n) is 3.86. The summed E-state index contributed by atoms with van der Waals surface area (Å²) in [5.41, 5.74) is 2.08. The number of carbonyl (C=O) groups is 1. The second-order valence-electron chi connectivity index (χ2n) is 5.59. The van der Waals surface area contributed by atoms with Gasteiger partial charge in [-0.1, -0.05) is 18.2 Å². The molecule has 128 valence electrons. The van der Waals surface area contributed by atoms with Gasteiger partial charge in [0, 0.05) is 18.1 Å². The van der Waals surface area contributed by atoms with Crippen molar-refractivity contribution in [2.45, 2.75) is 6.42 Å². The van der Waals surface area contributed by atoms with Crippen LogP contribution in [0.4, 0.5) is 0 Å². The fraction of sp³-hybridized carbons (Fsp3) is 0.222. The van der Waals surface area contributed by atoms with Crippen LogP contribution in [-0.2, 0) is 6.42 Å². The van der Waals surface area contributed by atoms with Crippen molar-refractivity contribution in [1.82, 2.24) is 15.1 Å². The van der Waals surface area contributed by atoms with Crippen LogP contribution in [0, 0.1) is 0 Å². The smallest absolute Gasteiger partial charge is 0.265 e. The minimum absolute atomic E-state index is 0.132. The lowest BCUT2D eigenvalue weighted by atomic mass is 10.2. The fourth-order valence-electron chi connectivity index (χ4n) is 2.63. The van der Waals surface area contributed by atoms with E-state index in [9.17, 15) is 4.79 Å². The first-order valence-electron chi connectivity index (χ1n) is 8.05. The van der Waals surface area contributed by atoms with E-state index in [1.807, 2.05) is 52.8 Å². The molecule has 0 saturated carbocycles. The molecule has 3 heterocycles. The summed E-state index contributed by atoms with van der Waals surface area (Å²) in [6.45, 7) is 1.53. The lowest BCUT2D eigenvalue weighted by Gasteiger charge is -2.15. The van der Waals surface area contributed by atoms with Crippen LogP contribution in [0.15, 0.2) is 48.1 Å². The molecule has 4 rings (SSSR count). The molecule has 1 aliphatic heterocycles. The summed E-state index contributed by atoms with van der Waals surface area (Å²) in [5.74, 6) is 1.09. The Hall–Kier alpha value is -2.80. The highest BCUT2D eigenvalue weighted by Crippen LogP contribution is 2.39. The molecule has 0 saturated heterocycles. The summed E-state index contributed by atoms with van der Waals surface area (Å²) >= 11 is 1.34. The molecule has 7 heteroatoms. The number of rotatable bonds is 5. The Labute approximate surface area is 149 Å². The largest absolute Gasteiger partial charge is 0.485 e. The molecule has 6 nitrogen and oxygen atoms in total.